The molecule has 3 rings (SSSR count). The van der Waals surface area contributed by atoms with Gasteiger partial charge in [-0.2, -0.15) is 5.26 Å². The Bertz CT molecular complexity index is 1000. The summed E-state index contributed by atoms with van der Waals surface area (Å²) < 4.78 is 0. The van der Waals surface area contributed by atoms with Gasteiger partial charge in [0.25, 0.3) is 5.91 Å². The summed E-state index contributed by atoms with van der Waals surface area (Å²) in [7, 11) is 0. The van der Waals surface area contributed by atoms with Gasteiger partial charge in [0.15, 0.2) is 0 Å². The van der Waals surface area contributed by atoms with E-state index in [1.807, 2.05) is 48.5 Å². The molecule has 0 spiro atoms. The Morgan fingerprint density at radius 1 is 1.16 bits per heavy atom. The quantitative estimate of drug-likeness (QED) is 0.570. The molecule has 3 aromatic rings. The van der Waals surface area contributed by atoms with Gasteiger partial charge in [-0.3, -0.25) is 9.78 Å². The van der Waals surface area contributed by atoms with Crippen LogP contribution in [0.25, 0.3) is 17.0 Å². The van der Waals surface area contributed by atoms with Gasteiger partial charge in [0, 0.05) is 23.2 Å². The van der Waals surface area contributed by atoms with E-state index in [1.54, 1.807) is 24.4 Å². The highest BCUT2D eigenvalue weighted by atomic mass is 35.5. The van der Waals surface area contributed by atoms with E-state index in [1.165, 1.54) is 0 Å². The number of para-hydroxylation sites is 1. The molecule has 0 atom stereocenters. The lowest BCUT2D eigenvalue weighted by Crippen LogP contribution is -2.24. The van der Waals surface area contributed by atoms with Crippen molar-refractivity contribution < 1.29 is 4.79 Å². The second kappa shape index (κ2) is 7.61. The monoisotopic (exact) mass is 347 g/mol. The first-order valence-electron chi connectivity index (χ1n) is 7.66. The molecule has 4 nitrogen and oxygen atoms in total. The normalized spacial score (nSPS) is 11.1. The Labute approximate surface area is 150 Å². The number of nitrogens with zero attached hydrogens (tertiary/aromatic N) is 2. The number of rotatable bonds is 4. The minimum atomic E-state index is -0.441. The van der Waals surface area contributed by atoms with Crippen LogP contribution >= 0.6 is 11.6 Å². The Morgan fingerprint density at radius 2 is 1.92 bits per heavy atom. The predicted octanol–water partition coefficient (Wildman–Crippen LogP) is 4.11. The summed E-state index contributed by atoms with van der Waals surface area (Å²) in [6.07, 6.45) is 3.23. The second-order valence-corrected chi connectivity index (χ2v) is 5.77. The van der Waals surface area contributed by atoms with E-state index >= 15 is 0 Å². The molecule has 0 aliphatic heterocycles. The van der Waals surface area contributed by atoms with E-state index in [2.05, 4.69) is 10.3 Å². The number of halogens is 1. The van der Waals surface area contributed by atoms with Crippen molar-refractivity contribution in [3.8, 4) is 6.07 Å². The van der Waals surface area contributed by atoms with Crippen molar-refractivity contribution in [3.05, 3.63) is 82.5 Å². The van der Waals surface area contributed by atoms with E-state index in [0.717, 1.165) is 22.0 Å². The number of carbonyl (C=O) groups excluding carboxylic acids is 1. The lowest BCUT2D eigenvalue weighted by molar-refractivity contribution is -0.117. The Morgan fingerprint density at radius 3 is 2.72 bits per heavy atom. The van der Waals surface area contributed by atoms with Crippen LogP contribution in [0, 0.1) is 11.3 Å². The highest BCUT2D eigenvalue weighted by Gasteiger charge is 2.10. The molecule has 0 aliphatic rings. The third-order valence-corrected chi connectivity index (χ3v) is 4.11. The fraction of sp³-hybridized carbons (Fsp3) is 0.0500. The highest BCUT2D eigenvalue weighted by molar-refractivity contribution is 6.31. The van der Waals surface area contributed by atoms with Crippen LogP contribution in [-0.2, 0) is 11.3 Å². The fourth-order valence-electron chi connectivity index (χ4n) is 2.46. The van der Waals surface area contributed by atoms with Crippen LogP contribution in [-0.4, -0.2) is 10.9 Å². The molecular formula is C20H14ClN3O. The van der Waals surface area contributed by atoms with Crippen LogP contribution in [0.3, 0.4) is 0 Å². The number of pyridine rings is 1. The van der Waals surface area contributed by atoms with Crippen molar-refractivity contribution in [1.82, 2.24) is 10.3 Å². The van der Waals surface area contributed by atoms with Crippen LogP contribution in [0.5, 0.6) is 0 Å². The van der Waals surface area contributed by atoms with Gasteiger partial charge in [-0.15, -0.1) is 0 Å². The predicted molar refractivity (Wildman–Crippen MR) is 98.6 cm³/mol. The maximum Gasteiger partial charge on any atom is 0.262 e. The summed E-state index contributed by atoms with van der Waals surface area (Å²) >= 11 is 6.08. The van der Waals surface area contributed by atoms with Crippen molar-refractivity contribution in [2.75, 3.05) is 0 Å². The van der Waals surface area contributed by atoms with E-state index in [4.69, 9.17) is 11.6 Å². The van der Waals surface area contributed by atoms with Gasteiger partial charge < -0.3 is 5.32 Å². The zero-order valence-corrected chi connectivity index (χ0v) is 14.0. The van der Waals surface area contributed by atoms with Crippen LogP contribution in [0.2, 0.25) is 5.02 Å². The van der Waals surface area contributed by atoms with Crippen LogP contribution < -0.4 is 5.32 Å². The minimum absolute atomic E-state index is 0.0309. The molecule has 0 radical (unpaired) electrons. The van der Waals surface area contributed by atoms with Gasteiger partial charge in [-0.25, -0.2) is 0 Å². The first kappa shape index (κ1) is 16.7. The molecule has 2 aromatic carbocycles. The number of amides is 1. The summed E-state index contributed by atoms with van der Waals surface area (Å²) in [5.41, 5.74) is 2.41. The van der Waals surface area contributed by atoms with E-state index in [-0.39, 0.29) is 12.1 Å². The number of carbonyl (C=O) groups is 1. The molecule has 0 saturated heterocycles. The molecule has 1 N–H and O–H groups in total. The number of hydrogen-bond donors (Lipinski definition) is 1. The van der Waals surface area contributed by atoms with Crippen molar-refractivity contribution in [1.29, 1.82) is 5.26 Å². The van der Waals surface area contributed by atoms with Gasteiger partial charge >= 0.3 is 0 Å². The number of nitriles is 1. The largest absolute Gasteiger partial charge is 0.347 e. The smallest absolute Gasteiger partial charge is 0.262 e. The van der Waals surface area contributed by atoms with E-state index in [9.17, 15) is 10.1 Å². The van der Waals surface area contributed by atoms with Crippen molar-refractivity contribution in [2.24, 2.45) is 0 Å². The van der Waals surface area contributed by atoms with E-state index in [0.29, 0.717) is 5.02 Å². The number of benzene rings is 2. The summed E-state index contributed by atoms with van der Waals surface area (Å²) in [5, 5.41) is 13.6. The van der Waals surface area contributed by atoms with Crippen molar-refractivity contribution in [2.45, 2.75) is 6.54 Å². The minimum Gasteiger partial charge on any atom is -0.347 e. The molecule has 0 saturated carbocycles. The first-order valence-corrected chi connectivity index (χ1v) is 8.04. The molecular weight excluding hydrogens is 334 g/mol. The molecule has 25 heavy (non-hydrogen) atoms. The van der Waals surface area contributed by atoms with Crippen molar-refractivity contribution in [3.63, 3.8) is 0 Å². The number of fused-ring (bicyclic) bond motifs is 1. The summed E-state index contributed by atoms with van der Waals surface area (Å²) in [4.78, 5) is 16.6. The fourth-order valence-corrected chi connectivity index (χ4v) is 2.66. The standard InChI is InChI=1S/C20H14ClN3O/c21-18-7-3-1-5-15(18)13-24-20(25)16(12-22)11-14-9-10-23-19-8-4-2-6-17(14)19/h1-11H,13H2,(H,24,25)/b16-11+. The lowest BCUT2D eigenvalue weighted by Gasteiger charge is -2.07. The van der Waals surface area contributed by atoms with Gasteiger partial charge in [0.2, 0.25) is 0 Å². The van der Waals surface area contributed by atoms with Gasteiger partial charge in [0.1, 0.15) is 11.6 Å². The Balaban J connectivity index is 1.84. The second-order valence-electron chi connectivity index (χ2n) is 5.36. The SMILES string of the molecule is N#C/C(=C\c1ccnc2ccccc12)C(=O)NCc1ccccc1Cl. The molecule has 1 heterocycles. The zero-order valence-electron chi connectivity index (χ0n) is 13.2. The zero-order chi connectivity index (χ0) is 17.6. The summed E-state index contributed by atoms with van der Waals surface area (Å²) in [6, 6.07) is 18.6. The Kier molecular flexibility index (Phi) is 5.08. The molecule has 1 aromatic heterocycles. The number of aromatic nitrogens is 1. The van der Waals surface area contributed by atoms with Crippen LogP contribution in [0.1, 0.15) is 11.1 Å². The number of hydrogen-bond acceptors (Lipinski definition) is 3. The maximum absolute atomic E-state index is 12.3. The molecule has 0 bridgehead atoms. The molecule has 0 aliphatic carbocycles. The van der Waals surface area contributed by atoms with Crippen LogP contribution in [0.4, 0.5) is 0 Å². The van der Waals surface area contributed by atoms with Crippen molar-refractivity contribution >= 4 is 34.5 Å². The molecule has 122 valence electrons. The average Bonchev–Trinajstić information content (AvgIpc) is 2.65. The molecule has 0 fully saturated rings. The third kappa shape index (κ3) is 3.85. The summed E-state index contributed by atoms with van der Waals surface area (Å²) in [6.45, 7) is 0.259. The van der Waals surface area contributed by atoms with Gasteiger partial charge in [-0.05, 0) is 35.4 Å². The number of nitrogens with one attached hydrogen (secondary N) is 1. The topological polar surface area (TPSA) is 65.8 Å². The highest BCUT2D eigenvalue weighted by Crippen LogP contribution is 2.19. The third-order valence-electron chi connectivity index (χ3n) is 3.74. The lowest BCUT2D eigenvalue weighted by atomic mass is 10.1. The molecule has 1 amide bonds. The Hall–Kier alpha value is -3.16. The van der Waals surface area contributed by atoms with Crippen LogP contribution in [0.15, 0.2) is 66.4 Å². The van der Waals surface area contributed by atoms with E-state index < -0.39 is 5.91 Å². The molecule has 5 heteroatoms. The van der Waals surface area contributed by atoms with Gasteiger partial charge in [-0.1, -0.05) is 48.0 Å². The average molecular weight is 348 g/mol. The summed E-state index contributed by atoms with van der Waals surface area (Å²) in [5.74, 6) is -0.441. The first-order chi connectivity index (χ1) is 12.2. The van der Waals surface area contributed by atoms with Gasteiger partial charge in [0.05, 0.1) is 5.52 Å². The molecule has 0 unspecified atom stereocenters. The maximum atomic E-state index is 12.3.